The van der Waals surface area contributed by atoms with E-state index in [9.17, 15) is 9.59 Å². The van der Waals surface area contributed by atoms with Crippen molar-refractivity contribution in [2.24, 2.45) is 0 Å². The Kier molecular flexibility index (Phi) is 11.5. The summed E-state index contributed by atoms with van der Waals surface area (Å²) >= 11 is 10.0. The number of benzene rings is 3. The maximum absolute atomic E-state index is 13.7. The molecule has 0 spiro atoms. The van der Waals surface area contributed by atoms with Gasteiger partial charge in [0, 0.05) is 24.5 Å². The second-order valence-electron chi connectivity index (χ2n) is 8.87. The Bertz CT molecular complexity index is 1170. The number of aryl methyl sites for hydroxylation is 1. The first-order chi connectivity index (χ1) is 17.9. The number of amides is 2. The van der Waals surface area contributed by atoms with Gasteiger partial charge < -0.3 is 15.0 Å². The fourth-order valence-corrected chi connectivity index (χ4v) is 4.71. The van der Waals surface area contributed by atoms with Crippen molar-refractivity contribution in [2.75, 3.05) is 13.2 Å². The molecule has 0 aliphatic rings. The summed E-state index contributed by atoms with van der Waals surface area (Å²) in [6.07, 6.45) is 3.11. The molecule has 0 aliphatic heterocycles. The molecule has 0 bridgehead atoms. The van der Waals surface area contributed by atoms with Crippen molar-refractivity contribution in [2.45, 2.75) is 52.1 Å². The lowest BCUT2D eigenvalue weighted by atomic mass is 10.0. The number of ether oxygens (including phenoxy) is 1. The highest BCUT2D eigenvalue weighted by molar-refractivity contribution is 9.10. The van der Waals surface area contributed by atoms with Crippen molar-refractivity contribution in [1.29, 1.82) is 0 Å². The molecule has 0 aliphatic carbocycles. The third-order valence-corrected chi connectivity index (χ3v) is 7.14. The average molecular weight is 586 g/mol. The first-order valence-electron chi connectivity index (χ1n) is 12.7. The molecule has 0 fully saturated rings. The van der Waals surface area contributed by atoms with Crippen LogP contribution >= 0.6 is 27.5 Å². The molecule has 196 valence electrons. The number of halogens is 2. The maximum atomic E-state index is 13.7. The minimum Gasteiger partial charge on any atom is -0.483 e. The molecule has 0 saturated heterocycles. The molecular weight excluding hydrogens is 552 g/mol. The van der Waals surface area contributed by atoms with Crippen molar-refractivity contribution in [3.05, 3.63) is 99.0 Å². The number of carbonyl (C=O) groups is 2. The molecule has 1 N–H and O–H groups in total. The summed E-state index contributed by atoms with van der Waals surface area (Å²) in [6.45, 7) is 4.70. The third kappa shape index (κ3) is 8.61. The van der Waals surface area contributed by atoms with Gasteiger partial charge in [-0.25, -0.2) is 0 Å². The number of hydrogen-bond acceptors (Lipinski definition) is 3. The number of nitrogens with one attached hydrogen (secondary N) is 1. The Morgan fingerprint density at radius 2 is 1.73 bits per heavy atom. The van der Waals surface area contributed by atoms with Crippen LogP contribution in [0, 0.1) is 0 Å². The van der Waals surface area contributed by atoms with Gasteiger partial charge in [0.1, 0.15) is 11.8 Å². The number of nitrogens with zero attached hydrogens (tertiary/aromatic N) is 1. The van der Waals surface area contributed by atoms with E-state index < -0.39 is 6.04 Å². The predicted octanol–water partition coefficient (Wildman–Crippen LogP) is 6.60. The van der Waals surface area contributed by atoms with Crippen molar-refractivity contribution in [1.82, 2.24) is 10.2 Å². The first-order valence-corrected chi connectivity index (χ1v) is 13.9. The summed E-state index contributed by atoms with van der Waals surface area (Å²) in [6, 6.07) is 22.2. The molecule has 3 aromatic rings. The highest BCUT2D eigenvalue weighted by atomic mass is 79.9. The number of carbonyl (C=O) groups excluding carboxylic acids is 2. The summed E-state index contributed by atoms with van der Waals surface area (Å²) in [5.74, 6) is 0.0967. The van der Waals surface area contributed by atoms with Gasteiger partial charge in [0.05, 0.1) is 4.47 Å². The molecule has 1 atom stereocenters. The smallest absolute Gasteiger partial charge is 0.261 e. The van der Waals surface area contributed by atoms with E-state index in [2.05, 4.69) is 35.1 Å². The molecule has 0 radical (unpaired) electrons. The van der Waals surface area contributed by atoms with Crippen LogP contribution in [0.25, 0.3) is 0 Å². The first kappa shape index (κ1) is 28.7. The van der Waals surface area contributed by atoms with E-state index >= 15 is 0 Å². The summed E-state index contributed by atoms with van der Waals surface area (Å²) in [5.41, 5.74) is 2.90. The van der Waals surface area contributed by atoms with Gasteiger partial charge in [-0.1, -0.05) is 86.5 Å². The second kappa shape index (κ2) is 14.8. The van der Waals surface area contributed by atoms with Crippen LogP contribution in [0.15, 0.2) is 77.3 Å². The Labute approximate surface area is 233 Å². The van der Waals surface area contributed by atoms with Gasteiger partial charge in [-0.2, -0.15) is 0 Å². The molecule has 3 rings (SSSR count). The standard InChI is InChI=1S/C30H34BrClN2O3/c1-3-5-17-33-30(36)27(19-23-11-7-6-8-12-23)34(20-24-13-9-10-14-26(24)32)29(35)21-37-28-16-15-22(4-2)18-25(28)31/h6-16,18,27H,3-5,17,19-21H2,1-2H3,(H,33,36)/t27-/m0/s1. The SMILES string of the molecule is CCCCNC(=O)[C@H](Cc1ccccc1)N(Cc1ccccc1Cl)C(=O)COc1ccc(CC)cc1Br. The highest BCUT2D eigenvalue weighted by Gasteiger charge is 2.31. The van der Waals surface area contributed by atoms with Crippen LogP contribution in [0.2, 0.25) is 5.02 Å². The minimum absolute atomic E-state index is 0.189. The summed E-state index contributed by atoms with van der Waals surface area (Å²) in [5, 5.41) is 3.57. The zero-order valence-corrected chi connectivity index (χ0v) is 23.7. The zero-order valence-electron chi connectivity index (χ0n) is 21.4. The number of unbranched alkanes of at least 4 members (excludes halogenated alkanes) is 1. The van der Waals surface area contributed by atoms with Gasteiger partial charge in [-0.15, -0.1) is 0 Å². The topological polar surface area (TPSA) is 58.6 Å². The third-order valence-electron chi connectivity index (χ3n) is 6.15. The highest BCUT2D eigenvalue weighted by Crippen LogP contribution is 2.27. The molecule has 2 amide bonds. The molecular formula is C30H34BrClN2O3. The van der Waals surface area contributed by atoms with Crippen molar-refractivity contribution in [3.63, 3.8) is 0 Å². The van der Waals surface area contributed by atoms with E-state index in [0.29, 0.717) is 23.7 Å². The average Bonchev–Trinajstić information content (AvgIpc) is 2.91. The fourth-order valence-electron chi connectivity index (χ4n) is 3.97. The van der Waals surface area contributed by atoms with Crippen LogP contribution in [-0.2, 0) is 29.0 Å². The Morgan fingerprint density at radius 3 is 2.41 bits per heavy atom. The van der Waals surface area contributed by atoms with Crippen LogP contribution < -0.4 is 10.1 Å². The van der Waals surface area contributed by atoms with Crippen molar-refractivity contribution >= 4 is 39.3 Å². The molecule has 0 saturated carbocycles. The van der Waals surface area contributed by atoms with Gasteiger partial charge in [0.2, 0.25) is 5.91 Å². The largest absolute Gasteiger partial charge is 0.483 e. The molecule has 37 heavy (non-hydrogen) atoms. The fraction of sp³-hybridized carbons (Fsp3) is 0.333. The summed E-state index contributed by atoms with van der Waals surface area (Å²) < 4.78 is 6.71. The lowest BCUT2D eigenvalue weighted by Crippen LogP contribution is -2.51. The molecule has 0 aromatic heterocycles. The molecule has 3 aromatic carbocycles. The van der Waals surface area contributed by atoms with E-state index in [-0.39, 0.29) is 25.0 Å². The van der Waals surface area contributed by atoms with Crippen molar-refractivity contribution in [3.8, 4) is 5.75 Å². The minimum atomic E-state index is -0.725. The van der Waals surface area contributed by atoms with Gasteiger partial charge in [0.15, 0.2) is 6.61 Å². The Morgan fingerprint density at radius 1 is 1.00 bits per heavy atom. The lowest BCUT2D eigenvalue weighted by Gasteiger charge is -2.31. The number of rotatable bonds is 13. The van der Waals surface area contributed by atoms with Crippen LogP contribution in [0.5, 0.6) is 5.75 Å². The molecule has 0 unspecified atom stereocenters. The molecule has 0 heterocycles. The van der Waals surface area contributed by atoms with Crippen LogP contribution in [0.4, 0.5) is 0 Å². The van der Waals surface area contributed by atoms with Crippen LogP contribution in [0.1, 0.15) is 43.4 Å². The summed E-state index contributed by atoms with van der Waals surface area (Å²) in [7, 11) is 0. The maximum Gasteiger partial charge on any atom is 0.261 e. The van der Waals surface area contributed by atoms with Gasteiger partial charge in [-0.3, -0.25) is 9.59 Å². The van der Waals surface area contributed by atoms with E-state index in [1.54, 1.807) is 11.0 Å². The Balaban J connectivity index is 1.90. The van der Waals surface area contributed by atoms with Crippen LogP contribution in [-0.4, -0.2) is 35.9 Å². The van der Waals surface area contributed by atoms with E-state index in [1.807, 2.05) is 66.7 Å². The van der Waals surface area contributed by atoms with Crippen LogP contribution in [0.3, 0.4) is 0 Å². The van der Waals surface area contributed by atoms with E-state index in [1.165, 1.54) is 0 Å². The van der Waals surface area contributed by atoms with Gasteiger partial charge in [0.25, 0.3) is 5.91 Å². The lowest BCUT2D eigenvalue weighted by molar-refractivity contribution is -0.142. The number of hydrogen-bond donors (Lipinski definition) is 1. The quantitative estimate of drug-likeness (QED) is 0.230. The van der Waals surface area contributed by atoms with Crippen molar-refractivity contribution < 1.29 is 14.3 Å². The zero-order chi connectivity index (χ0) is 26.6. The molecule has 7 heteroatoms. The van der Waals surface area contributed by atoms with E-state index in [0.717, 1.165) is 40.4 Å². The second-order valence-corrected chi connectivity index (χ2v) is 10.1. The molecule has 5 nitrogen and oxygen atoms in total. The summed E-state index contributed by atoms with van der Waals surface area (Å²) in [4.78, 5) is 28.7. The normalized spacial score (nSPS) is 11.6. The Hall–Kier alpha value is -2.83. The monoisotopic (exact) mass is 584 g/mol. The van der Waals surface area contributed by atoms with Gasteiger partial charge >= 0.3 is 0 Å². The van der Waals surface area contributed by atoms with E-state index in [4.69, 9.17) is 16.3 Å². The predicted molar refractivity (Wildman–Crippen MR) is 153 cm³/mol. The van der Waals surface area contributed by atoms with Gasteiger partial charge in [-0.05, 0) is 63.7 Å².